The Morgan fingerprint density at radius 3 is 2.80 bits per heavy atom. The molecule has 0 aliphatic rings. The molecule has 0 saturated carbocycles. The summed E-state index contributed by atoms with van der Waals surface area (Å²) in [5.41, 5.74) is 7.90. The third-order valence-corrected chi connectivity index (χ3v) is 3.05. The number of hydrogen-bond acceptors (Lipinski definition) is 4. The highest BCUT2D eigenvalue weighted by Crippen LogP contribution is 2.11. The van der Waals surface area contributed by atoms with Gasteiger partial charge in [-0.2, -0.15) is 0 Å². The summed E-state index contributed by atoms with van der Waals surface area (Å²) in [6.07, 6.45) is 4.21. The smallest absolute Gasteiger partial charge is 0.241 e. The van der Waals surface area contributed by atoms with Crippen molar-refractivity contribution >= 4 is 5.91 Å². The number of hydrogen-bond donors (Lipinski definition) is 2. The number of aromatic nitrogens is 3. The quantitative estimate of drug-likeness (QED) is 0.762. The minimum atomic E-state index is -0.623. The minimum Gasteiger partial charge on any atom is -0.354 e. The van der Waals surface area contributed by atoms with Gasteiger partial charge in [-0.05, 0) is 18.9 Å². The Morgan fingerprint density at radius 2 is 2.15 bits per heavy atom. The van der Waals surface area contributed by atoms with Crippen LogP contribution in [0.25, 0.3) is 0 Å². The highest BCUT2D eigenvalue weighted by Gasteiger charge is 2.14. The van der Waals surface area contributed by atoms with E-state index in [1.54, 1.807) is 17.1 Å². The Labute approximate surface area is 118 Å². The van der Waals surface area contributed by atoms with Gasteiger partial charge in [-0.1, -0.05) is 35.0 Å². The van der Waals surface area contributed by atoms with Gasteiger partial charge in [0, 0.05) is 19.3 Å². The van der Waals surface area contributed by atoms with Crippen LogP contribution in [-0.2, 0) is 11.3 Å². The van der Waals surface area contributed by atoms with Gasteiger partial charge in [-0.3, -0.25) is 9.48 Å². The summed E-state index contributed by atoms with van der Waals surface area (Å²) in [5.74, 6) is -0.160. The molecule has 1 heterocycles. The lowest BCUT2D eigenvalue weighted by Gasteiger charge is -2.12. The first-order valence-corrected chi connectivity index (χ1v) is 6.61. The highest BCUT2D eigenvalue weighted by atomic mass is 16.2. The van der Waals surface area contributed by atoms with E-state index in [1.165, 1.54) is 0 Å². The van der Waals surface area contributed by atoms with E-state index < -0.39 is 6.04 Å². The van der Waals surface area contributed by atoms with Crippen molar-refractivity contribution in [3.05, 3.63) is 47.8 Å². The predicted octanol–water partition coefficient (Wildman–Crippen LogP) is 0.793. The first-order valence-electron chi connectivity index (χ1n) is 6.61. The Kier molecular flexibility index (Phi) is 4.84. The summed E-state index contributed by atoms with van der Waals surface area (Å²) in [5, 5.41) is 10.4. The predicted molar refractivity (Wildman–Crippen MR) is 75.8 cm³/mol. The number of benzene rings is 1. The number of nitrogens with one attached hydrogen (secondary N) is 1. The van der Waals surface area contributed by atoms with Crippen molar-refractivity contribution in [2.24, 2.45) is 5.73 Å². The molecule has 0 aliphatic heterocycles. The maximum Gasteiger partial charge on any atom is 0.241 e. The third kappa shape index (κ3) is 3.89. The van der Waals surface area contributed by atoms with Crippen LogP contribution in [0.3, 0.4) is 0 Å². The van der Waals surface area contributed by atoms with Crippen LogP contribution in [0.2, 0.25) is 0 Å². The molecule has 0 radical (unpaired) electrons. The van der Waals surface area contributed by atoms with Gasteiger partial charge in [-0.25, -0.2) is 0 Å². The summed E-state index contributed by atoms with van der Waals surface area (Å²) in [7, 11) is 0. The second kappa shape index (κ2) is 6.81. The van der Waals surface area contributed by atoms with E-state index in [4.69, 9.17) is 5.73 Å². The Morgan fingerprint density at radius 1 is 1.40 bits per heavy atom. The van der Waals surface area contributed by atoms with Crippen LogP contribution in [0.5, 0.6) is 0 Å². The standard InChI is InChI=1S/C14H19N5O/c1-11-3-5-12(6-4-11)13(15)14(20)16-7-2-9-19-10-8-17-18-19/h3-6,8,10,13H,2,7,9,15H2,1H3,(H,16,20). The lowest BCUT2D eigenvalue weighted by atomic mass is 10.1. The maximum atomic E-state index is 11.9. The van der Waals surface area contributed by atoms with Crippen LogP contribution in [0, 0.1) is 6.92 Å². The molecule has 1 amide bonds. The SMILES string of the molecule is Cc1ccc(C(N)C(=O)NCCCn2ccnn2)cc1. The number of nitrogens with zero attached hydrogens (tertiary/aromatic N) is 3. The molecule has 0 aliphatic carbocycles. The first-order chi connectivity index (χ1) is 9.66. The fourth-order valence-corrected chi connectivity index (χ4v) is 1.84. The molecular formula is C14H19N5O. The molecule has 1 aromatic heterocycles. The van der Waals surface area contributed by atoms with Gasteiger partial charge in [0.05, 0.1) is 6.20 Å². The summed E-state index contributed by atoms with van der Waals surface area (Å²) in [6, 6.07) is 7.05. The Balaban J connectivity index is 1.75. The molecule has 0 saturated heterocycles. The molecule has 2 rings (SSSR count). The Bertz CT molecular complexity index is 535. The average Bonchev–Trinajstić information content (AvgIpc) is 2.96. The van der Waals surface area contributed by atoms with Crippen LogP contribution >= 0.6 is 0 Å². The number of rotatable bonds is 6. The molecule has 106 valence electrons. The van der Waals surface area contributed by atoms with Gasteiger partial charge in [0.2, 0.25) is 5.91 Å². The average molecular weight is 273 g/mol. The summed E-state index contributed by atoms with van der Waals surface area (Å²) < 4.78 is 1.73. The van der Waals surface area contributed by atoms with Crippen LogP contribution in [-0.4, -0.2) is 27.4 Å². The van der Waals surface area contributed by atoms with Crippen molar-refractivity contribution in [1.29, 1.82) is 0 Å². The van der Waals surface area contributed by atoms with Gasteiger partial charge in [-0.15, -0.1) is 5.10 Å². The van der Waals surface area contributed by atoms with Crippen molar-refractivity contribution in [2.75, 3.05) is 6.54 Å². The number of carbonyl (C=O) groups is 1. The largest absolute Gasteiger partial charge is 0.354 e. The molecule has 6 heteroatoms. The van der Waals surface area contributed by atoms with E-state index in [1.807, 2.05) is 31.2 Å². The topological polar surface area (TPSA) is 85.8 Å². The van der Waals surface area contributed by atoms with Gasteiger partial charge >= 0.3 is 0 Å². The van der Waals surface area contributed by atoms with Crippen LogP contribution in [0.1, 0.15) is 23.6 Å². The van der Waals surface area contributed by atoms with Gasteiger partial charge in [0.1, 0.15) is 6.04 Å². The second-order valence-corrected chi connectivity index (χ2v) is 4.70. The van der Waals surface area contributed by atoms with Crippen molar-refractivity contribution in [1.82, 2.24) is 20.3 Å². The normalized spacial score (nSPS) is 12.1. The molecule has 1 atom stereocenters. The van der Waals surface area contributed by atoms with Gasteiger partial charge < -0.3 is 11.1 Å². The number of amides is 1. The van der Waals surface area contributed by atoms with E-state index in [0.717, 1.165) is 24.1 Å². The summed E-state index contributed by atoms with van der Waals surface area (Å²) in [4.78, 5) is 11.9. The lowest BCUT2D eigenvalue weighted by molar-refractivity contribution is -0.122. The molecule has 20 heavy (non-hydrogen) atoms. The van der Waals surface area contributed by atoms with Gasteiger partial charge in [0.25, 0.3) is 0 Å². The van der Waals surface area contributed by atoms with Crippen molar-refractivity contribution < 1.29 is 4.79 Å². The number of nitrogens with two attached hydrogens (primary N) is 1. The molecule has 0 spiro atoms. The maximum absolute atomic E-state index is 11.9. The van der Waals surface area contributed by atoms with Crippen molar-refractivity contribution in [3.8, 4) is 0 Å². The molecule has 2 aromatic rings. The Hall–Kier alpha value is -2.21. The molecule has 1 unspecified atom stereocenters. The molecule has 1 aromatic carbocycles. The first kappa shape index (κ1) is 14.2. The van der Waals surface area contributed by atoms with E-state index in [-0.39, 0.29) is 5.91 Å². The molecule has 3 N–H and O–H groups in total. The monoisotopic (exact) mass is 273 g/mol. The molecular weight excluding hydrogens is 254 g/mol. The second-order valence-electron chi connectivity index (χ2n) is 4.70. The van der Waals surface area contributed by atoms with E-state index in [2.05, 4.69) is 15.6 Å². The van der Waals surface area contributed by atoms with Crippen molar-refractivity contribution in [3.63, 3.8) is 0 Å². The van der Waals surface area contributed by atoms with Crippen LogP contribution in [0.15, 0.2) is 36.7 Å². The zero-order valence-corrected chi connectivity index (χ0v) is 11.5. The highest BCUT2D eigenvalue weighted by molar-refractivity contribution is 5.82. The van der Waals surface area contributed by atoms with Crippen LogP contribution in [0.4, 0.5) is 0 Å². The van der Waals surface area contributed by atoms with E-state index in [9.17, 15) is 4.79 Å². The van der Waals surface area contributed by atoms with E-state index >= 15 is 0 Å². The fraction of sp³-hybridized carbons (Fsp3) is 0.357. The fourth-order valence-electron chi connectivity index (χ4n) is 1.84. The van der Waals surface area contributed by atoms with Gasteiger partial charge in [0.15, 0.2) is 0 Å². The molecule has 0 fully saturated rings. The zero-order chi connectivity index (χ0) is 14.4. The van der Waals surface area contributed by atoms with E-state index in [0.29, 0.717) is 6.54 Å². The third-order valence-electron chi connectivity index (χ3n) is 3.05. The summed E-state index contributed by atoms with van der Waals surface area (Å²) >= 11 is 0. The van der Waals surface area contributed by atoms with Crippen molar-refractivity contribution in [2.45, 2.75) is 25.9 Å². The zero-order valence-electron chi connectivity index (χ0n) is 11.5. The molecule has 0 bridgehead atoms. The van der Waals surface area contributed by atoms with Crippen LogP contribution < -0.4 is 11.1 Å². The minimum absolute atomic E-state index is 0.160. The number of carbonyl (C=O) groups excluding carboxylic acids is 1. The molecule has 6 nitrogen and oxygen atoms in total. The number of aryl methyl sites for hydroxylation is 2. The summed E-state index contributed by atoms with van der Waals surface area (Å²) in [6.45, 7) is 3.29. The lowest BCUT2D eigenvalue weighted by Crippen LogP contribution is -2.34.